The van der Waals surface area contributed by atoms with Crippen LogP contribution in [-0.4, -0.2) is 107 Å². The van der Waals surface area contributed by atoms with E-state index in [-0.39, 0.29) is 49.9 Å². The van der Waals surface area contributed by atoms with Gasteiger partial charge in [0.2, 0.25) is 27.7 Å². The van der Waals surface area contributed by atoms with Gasteiger partial charge in [0.05, 0.1) is 35.2 Å². The molecule has 3 fully saturated rings. The summed E-state index contributed by atoms with van der Waals surface area (Å²) in [6, 6.07) is 3.98. The first kappa shape index (κ1) is 44.9. The number of benzene rings is 1. The number of halogens is 2. The maximum atomic E-state index is 14.9. The van der Waals surface area contributed by atoms with Crippen molar-refractivity contribution in [1.29, 1.82) is 0 Å². The Hall–Kier alpha value is -4.65. The van der Waals surface area contributed by atoms with Crippen LogP contribution in [0.25, 0.3) is 10.8 Å². The van der Waals surface area contributed by atoms with E-state index in [4.69, 9.17) is 14.2 Å². The number of ether oxygens (including phenoxy) is 3. The molecule has 3 heterocycles. The molecule has 3 N–H and O–H groups in total. The molecule has 19 heteroatoms. The lowest BCUT2D eigenvalue weighted by Gasteiger charge is -2.35. The number of rotatable bonds is 11. The highest BCUT2D eigenvalue weighted by Crippen LogP contribution is 2.47. The monoisotopic (exact) mass is 862 g/mol. The number of fused-ring (bicyclic) bond motifs is 3. The molecule has 16 nitrogen and oxygen atoms in total. The van der Waals surface area contributed by atoms with Gasteiger partial charge in [-0.3, -0.25) is 23.9 Å². The average Bonchev–Trinajstić information content (AvgIpc) is 4.05. The number of nitrogens with one attached hydrogen (secondary N) is 3. The van der Waals surface area contributed by atoms with E-state index in [9.17, 15) is 41.2 Å². The van der Waals surface area contributed by atoms with Crippen molar-refractivity contribution in [1.82, 2.24) is 30.0 Å². The van der Waals surface area contributed by atoms with Gasteiger partial charge >= 0.3 is 6.09 Å². The third-order valence-electron chi connectivity index (χ3n) is 12.5. The van der Waals surface area contributed by atoms with Crippen molar-refractivity contribution in [2.45, 2.75) is 133 Å². The number of hydrogen-bond donors (Lipinski definition) is 3. The first-order valence-corrected chi connectivity index (χ1v) is 21.9. The Morgan fingerprint density at radius 1 is 1.07 bits per heavy atom. The van der Waals surface area contributed by atoms with Crippen molar-refractivity contribution in [3.05, 3.63) is 46.8 Å². The number of carbonyl (C=O) groups excluding carboxylic acids is 4. The fourth-order valence-corrected chi connectivity index (χ4v) is 9.17. The third-order valence-corrected chi connectivity index (χ3v) is 14.7. The number of aromatic nitrogens is 2. The fraction of sp³-hybridized carbons (Fsp3) is 0.659. The summed E-state index contributed by atoms with van der Waals surface area (Å²) in [7, 11) is -2.60. The van der Waals surface area contributed by atoms with Gasteiger partial charge in [-0.15, -0.1) is 5.10 Å². The van der Waals surface area contributed by atoms with Gasteiger partial charge < -0.3 is 29.7 Å². The first-order chi connectivity index (χ1) is 28.0. The largest absolute Gasteiger partial charge is 0.471 e. The fourth-order valence-electron chi connectivity index (χ4n) is 7.85. The van der Waals surface area contributed by atoms with Gasteiger partial charge in [0.1, 0.15) is 23.7 Å². The first-order valence-electron chi connectivity index (χ1n) is 20.4. The molecule has 0 bridgehead atoms. The Bertz CT molecular complexity index is 2210. The minimum absolute atomic E-state index is 0.00522. The number of alkyl halides is 2. The molecule has 0 radical (unpaired) electrons. The summed E-state index contributed by atoms with van der Waals surface area (Å²) >= 11 is 0. The average molecular weight is 863 g/mol. The SMILES string of the molecule is COCCn1nc(O[C@@H]2C[C@H]3C(=O)N[C@]4(C(=O)NS(=O)(=O)C5(C)CC5)C[C@H]4/C=C\CC[C@@H](C)C[C@@H](C)[C@H](NC(=O)OC(C)(C)C(C)(F)F)C(=O)N3C2)c2ccccc2c1=O. The molecule has 330 valence electrons. The topological polar surface area (TPSA) is 204 Å². The van der Waals surface area contributed by atoms with Crippen LogP contribution in [0.5, 0.6) is 5.88 Å². The molecule has 7 atom stereocenters. The lowest BCUT2D eigenvalue weighted by molar-refractivity contribution is -0.152. The lowest BCUT2D eigenvalue weighted by Crippen LogP contribution is -2.59. The molecule has 2 aliphatic heterocycles. The summed E-state index contributed by atoms with van der Waals surface area (Å²) in [5.74, 6) is -6.92. The maximum Gasteiger partial charge on any atom is 0.408 e. The number of alkyl carbamates (subject to hydrolysis) is 1. The summed E-state index contributed by atoms with van der Waals surface area (Å²) in [4.78, 5) is 71.3. The Labute approximate surface area is 348 Å². The van der Waals surface area contributed by atoms with Crippen LogP contribution in [0.4, 0.5) is 13.6 Å². The number of amides is 4. The maximum absolute atomic E-state index is 14.9. The zero-order chi connectivity index (χ0) is 44.0. The van der Waals surface area contributed by atoms with Gasteiger partial charge in [0.15, 0.2) is 5.60 Å². The molecular weight excluding hydrogens is 807 g/mol. The van der Waals surface area contributed by atoms with Gasteiger partial charge in [0, 0.05) is 26.4 Å². The van der Waals surface area contributed by atoms with E-state index in [1.165, 1.54) is 16.7 Å². The highest BCUT2D eigenvalue weighted by atomic mass is 32.2. The van der Waals surface area contributed by atoms with Crippen molar-refractivity contribution in [3.8, 4) is 5.88 Å². The Balaban J connectivity index is 1.38. The van der Waals surface area contributed by atoms with Gasteiger partial charge in [-0.2, -0.15) is 0 Å². The summed E-state index contributed by atoms with van der Waals surface area (Å²) in [6.45, 7) is 8.01. The summed E-state index contributed by atoms with van der Waals surface area (Å²) in [6.07, 6.45) is 3.83. The Morgan fingerprint density at radius 2 is 1.75 bits per heavy atom. The van der Waals surface area contributed by atoms with Crippen LogP contribution in [0, 0.1) is 17.8 Å². The van der Waals surface area contributed by atoms with E-state index in [1.54, 1.807) is 44.2 Å². The minimum Gasteiger partial charge on any atom is -0.471 e. The molecule has 4 amide bonds. The third kappa shape index (κ3) is 9.16. The lowest BCUT2D eigenvalue weighted by atomic mass is 9.88. The quantitative estimate of drug-likeness (QED) is 0.277. The van der Waals surface area contributed by atoms with Crippen molar-refractivity contribution >= 4 is 44.6 Å². The van der Waals surface area contributed by atoms with Crippen LogP contribution in [0.2, 0.25) is 0 Å². The summed E-state index contributed by atoms with van der Waals surface area (Å²) in [5, 5.41) is 10.5. The van der Waals surface area contributed by atoms with Crippen LogP contribution in [0.15, 0.2) is 41.2 Å². The number of methoxy groups -OCH3 is 1. The zero-order valence-electron chi connectivity index (χ0n) is 35.1. The molecule has 0 unspecified atom stereocenters. The Kier molecular flexibility index (Phi) is 12.5. The molecule has 2 saturated carbocycles. The molecule has 1 saturated heterocycles. The second-order valence-corrected chi connectivity index (χ2v) is 19.9. The Morgan fingerprint density at radius 3 is 2.40 bits per heavy atom. The number of carbonyl (C=O) groups is 4. The predicted octanol–water partition coefficient (Wildman–Crippen LogP) is 3.81. The van der Waals surface area contributed by atoms with Crippen molar-refractivity contribution < 1.29 is 50.6 Å². The van der Waals surface area contributed by atoms with Gasteiger partial charge in [-0.05, 0) is 83.3 Å². The molecule has 4 aliphatic rings. The normalized spacial score (nSPS) is 28.9. The van der Waals surface area contributed by atoms with Crippen LogP contribution >= 0.6 is 0 Å². The summed E-state index contributed by atoms with van der Waals surface area (Å²) < 4.78 is 74.4. The van der Waals surface area contributed by atoms with Gasteiger partial charge in [-0.1, -0.05) is 38.1 Å². The number of sulfonamides is 1. The summed E-state index contributed by atoms with van der Waals surface area (Å²) in [5.41, 5.74) is -4.27. The van der Waals surface area contributed by atoms with E-state index in [0.717, 1.165) is 13.8 Å². The second-order valence-electron chi connectivity index (χ2n) is 17.7. The van der Waals surface area contributed by atoms with E-state index < -0.39 is 85.7 Å². The molecule has 2 aliphatic carbocycles. The van der Waals surface area contributed by atoms with Crippen molar-refractivity contribution in [3.63, 3.8) is 0 Å². The number of nitrogens with zero attached hydrogens (tertiary/aromatic N) is 3. The number of allylic oxidation sites excluding steroid dienone is 1. The van der Waals surface area contributed by atoms with Gasteiger partial charge in [0.25, 0.3) is 17.4 Å². The zero-order valence-corrected chi connectivity index (χ0v) is 35.9. The molecule has 0 spiro atoms. The van der Waals surface area contributed by atoms with Crippen LogP contribution in [0.1, 0.15) is 86.5 Å². The van der Waals surface area contributed by atoms with Crippen LogP contribution in [-0.2, 0) is 40.4 Å². The predicted molar refractivity (Wildman–Crippen MR) is 216 cm³/mol. The van der Waals surface area contributed by atoms with E-state index in [2.05, 4.69) is 20.5 Å². The molecule has 2 aromatic rings. The molecule has 6 rings (SSSR count). The van der Waals surface area contributed by atoms with E-state index in [1.807, 2.05) is 13.0 Å². The molecular formula is C41H56F2N6O10S. The van der Waals surface area contributed by atoms with Crippen LogP contribution < -0.4 is 25.7 Å². The number of hydrogen-bond acceptors (Lipinski definition) is 11. The minimum atomic E-state index is -4.08. The van der Waals surface area contributed by atoms with Crippen LogP contribution in [0.3, 0.4) is 0 Å². The molecule has 1 aromatic carbocycles. The smallest absolute Gasteiger partial charge is 0.408 e. The van der Waals surface area contributed by atoms with E-state index >= 15 is 0 Å². The molecule has 60 heavy (non-hydrogen) atoms. The molecule has 1 aromatic heterocycles. The second kappa shape index (κ2) is 16.7. The van der Waals surface area contributed by atoms with Gasteiger partial charge in [-0.25, -0.2) is 26.7 Å². The van der Waals surface area contributed by atoms with Crippen molar-refractivity contribution in [2.75, 3.05) is 20.3 Å². The van der Waals surface area contributed by atoms with Crippen molar-refractivity contribution in [2.24, 2.45) is 17.8 Å². The standard InChI is InChI=1S/C41H56F2N6O10S/c1-24-12-8-9-13-26-22-41(26,36(53)47-60(55,56)39(5)16-17-39)45-32(50)30-21-27(58-33-28-14-10-11-15-29(28)34(51)49(46-33)18-19-57-7)23-48(30)35(52)31(25(2)20-24)44-37(54)59-38(3,4)40(6,42)43/h9-11,13-15,24-27,30-31H,8,12,16-23H2,1-7H3,(H,44,54)(H,45,50)(H,47,53)/b13-9-/t24-,25-,26-,27-,30+,31+,41-/m1/s1. The highest BCUT2D eigenvalue weighted by Gasteiger charge is 2.63. The highest BCUT2D eigenvalue weighted by molar-refractivity contribution is 7.91. The van der Waals surface area contributed by atoms with E-state index in [0.29, 0.717) is 49.8 Å².